The van der Waals surface area contributed by atoms with Gasteiger partial charge in [0.15, 0.2) is 0 Å². The third kappa shape index (κ3) is 7.11. The fourth-order valence-corrected chi connectivity index (χ4v) is 5.40. The number of hydrogen-bond acceptors (Lipinski definition) is 7. The first-order valence-electron chi connectivity index (χ1n) is 11.8. The minimum Gasteiger partial charge on any atom is -0.325 e. The average Bonchev–Trinajstić information content (AvgIpc) is 3.25. The molecule has 184 valence electrons. The molecule has 0 aliphatic carbocycles. The Morgan fingerprint density at radius 2 is 1.80 bits per heavy atom. The molecule has 2 heterocycles. The number of nitriles is 1. The van der Waals surface area contributed by atoms with Gasteiger partial charge >= 0.3 is 0 Å². The minimum absolute atomic E-state index is 0.0955. The predicted octanol–water partition coefficient (Wildman–Crippen LogP) is 2.18. The smallest absolute Gasteiger partial charge is 0.262 e. The van der Waals surface area contributed by atoms with Gasteiger partial charge in [0.25, 0.3) is 10.0 Å². The van der Waals surface area contributed by atoms with E-state index in [0.29, 0.717) is 30.1 Å². The van der Waals surface area contributed by atoms with Gasteiger partial charge in [-0.3, -0.25) is 24.3 Å². The van der Waals surface area contributed by atoms with E-state index >= 15 is 0 Å². The number of aliphatic imine (C=N–C) groups is 1. The van der Waals surface area contributed by atoms with Crippen LogP contribution in [-0.4, -0.2) is 69.2 Å². The number of carbonyl (C=O) groups excluding carboxylic acids is 1. The molecule has 2 aromatic carbocycles. The Bertz CT molecular complexity index is 1220. The first-order chi connectivity index (χ1) is 16.9. The maximum Gasteiger partial charge on any atom is 0.262 e. The largest absolute Gasteiger partial charge is 0.325 e. The Morgan fingerprint density at radius 3 is 2.54 bits per heavy atom. The molecule has 0 atom stereocenters. The van der Waals surface area contributed by atoms with Crippen molar-refractivity contribution in [1.82, 2.24) is 14.5 Å². The third-order valence-corrected chi connectivity index (χ3v) is 7.47. The van der Waals surface area contributed by atoms with Crippen LogP contribution in [0.15, 0.2) is 58.4 Å². The van der Waals surface area contributed by atoms with Crippen molar-refractivity contribution in [1.29, 1.82) is 5.26 Å². The van der Waals surface area contributed by atoms with Crippen LogP contribution in [0.5, 0.6) is 0 Å². The van der Waals surface area contributed by atoms with Gasteiger partial charge in [-0.25, -0.2) is 8.42 Å². The molecule has 4 rings (SSSR count). The average molecular weight is 495 g/mol. The van der Waals surface area contributed by atoms with Gasteiger partial charge in [-0.2, -0.15) is 5.26 Å². The van der Waals surface area contributed by atoms with Crippen molar-refractivity contribution in [3.8, 4) is 6.07 Å². The highest BCUT2D eigenvalue weighted by atomic mass is 32.2. The van der Waals surface area contributed by atoms with Crippen LogP contribution in [0.25, 0.3) is 0 Å². The predicted molar refractivity (Wildman–Crippen MR) is 134 cm³/mol. The molecule has 0 spiro atoms. The molecule has 2 aromatic rings. The highest BCUT2D eigenvalue weighted by molar-refractivity contribution is 7.90. The highest BCUT2D eigenvalue weighted by Crippen LogP contribution is 2.17. The van der Waals surface area contributed by atoms with Gasteiger partial charge in [-0.15, -0.1) is 0 Å². The zero-order chi connectivity index (χ0) is 24.7. The van der Waals surface area contributed by atoms with E-state index in [4.69, 9.17) is 5.26 Å². The summed E-state index contributed by atoms with van der Waals surface area (Å²) in [5.41, 5.74) is 2.27. The van der Waals surface area contributed by atoms with Crippen LogP contribution in [0.3, 0.4) is 0 Å². The first-order valence-corrected chi connectivity index (χ1v) is 13.3. The van der Waals surface area contributed by atoms with E-state index in [2.05, 4.69) is 30.9 Å². The summed E-state index contributed by atoms with van der Waals surface area (Å²) in [6.45, 7) is 5.07. The number of benzene rings is 2. The Kier molecular flexibility index (Phi) is 8.13. The summed E-state index contributed by atoms with van der Waals surface area (Å²) < 4.78 is 27.8. The van der Waals surface area contributed by atoms with E-state index in [1.807, 2.05) is 24.3 Å². The summed E-state index contributed by atoms with van der Waals surface area (Å²) in [6, 6.07) is 16.1. The standard InChI is InChI=1S/C25H30N6O3S/c26-17-20-7-9-21(10-8-20)18-30-12-3-13-31(15-14-30)19-25(32)28-22-4-1-5-23(16-22)35(33,34)29-24-6-2-11-27-24/h1,4-5,7-10,16H,2-3,6,11-15,18-19H2,(H,27,29)(H,28,32). The molecule has 35 heavy (non-hydrogen) atoms. The van der Waals surface area contributed by atoms with E-state index in [9.17, 15) is 13.2 Å². The van der Waals surface area contributed by atoms with Crippen LogP contribution in [0.4, 0.5) is 5.69 Å². The molecular weight excluding hydrogens is 464 g/mol. The van der Waals surface area contributed by atoms with Crippen LogP contribution >= 0.6 is 0 Å². The highest BCUT2D eigenvalue weighted by Gasteiger charge is 2.20. The van der Waals surface area contributed by atoms with E-state index in [0.717, 1.165) is 45.6 Å². The number of rotatable bonds is 7. The van der Waals surface area contributed by atoms with Crippen molar-refractivity contribution in [2.45, 2.75) is 30.7 Å². The normalized spacial score (nSPS) is 17.3. The van der Waals surface area contributed by atoms with Gasteiger partial charge in [0, 0.05) is 38.3 Å². The maximum absolute atomic E-state index is 12.7. The Balaban J connectivity index is 1.28. The van der Waals surface area contributed by atoms with Gasteiger partial charge in [0.05, 0.1) is 23.1 Å². The number of hydrogen-bond donors (Lipinski definition) is 2. The topological polar surface area (TPSA) is 118 Å². The van der Waals surface area contributed by atoms with Gasteiger partial charge in [0.2, 0.25) is 5.91 Å². The lowest BCUT2D eigenvalue weighted by Gasteiger charge is -2.21. The second-order valence-electron chi connectivity index (χ2n) is 8.83. The number of carbonyl (C=O) groups is 1. The second-order valence-corrected chi connectivity index (χ2v) is 10.5. The first kappa shape index (κ1) is 24.9. The van der Waals surface area contributed by atoms with Crippen molar-refractivity contribution in [3.05, 3.63) is 59.7 Å². The molecule has 1 saturated heterocycles. The molecule has 0 radical (unpaired) electrons. The quantitative estimate of drug-likeness (QED) is 0.609. The Hall–Kier alpha value is -3.26. The Labute approximate surface area is 206 Å². The summed E-state index contributed by atoms with van der Waals surface area (Å²) in [4.78, 5) is 21.4. The number of amides is 1. The van der Waals surface area contributed by atoms with E-state index in [1.165, 1.54) is 17.7 Å². The molecule has 1 fully saturated rings. The monoisotopic (exact) mass is 494 g/mol. The number of sulfonamides is 1. The zero-order valence-corrected chi connectivity index (χ0v) is 20.4. The third-order valence-electron chi connectivity index (χ3n) is 6.09. The summed E-state index contributed by atoms with van der Waals surface area (Å²) in [5.74, 6) is 0.307. The van der Waals surface area contributed by atoms with Crippen LogP contribution in [0, 0.1) is 11.3 Å². The molecule has 10 heteroatoms. The summed E-state index contributed by atoms with van der Waals surface area (Å²) in [7, 11) is -3.73. The molecule has 0 saturated carbocycles. The molecular formula is C25H30N6O3S. The summed E-state index contributed by atoms with van der Waals surface area (Å²) in [6.07, 6.45) is 2.42. The van der Waals surface area contributed by atoms with Crippen molar-refractivity contribution in [2.24, 2.45) is 4.99 Å². The van der Waals surface area contributed by atoms with Gasteiger partial charge in [0.1, 0.15) is 5.84 Å². The molecule has 9 nitrogen and oxygen atoms in total. The van der Waals surface area contributed by atoms with E-state index < -0.39 is 10.0 Å². The lowest BCUT2D eigenvalue weighted by atomic mass is 10.1. The van der Waals surface area contributed by atoms with Gasteiger partial charge in [-0.1, -0.05) is 18.2 Å². The van der Waals surface area contributed by atoms with Crippen LogP contribution in [-0.2, 0) is 21.4 Å². The molecule has 2 aliphatic heterocycles. The minimum atomic E-state index is -3.73. The molecule has 2 aliphatic rings. The van der Waals surface area contributed by atoms with Crippen LogP contribution < -0.4 is 10.0 Å². The maximum atomic E-state index is 12.7. The van der Waals surface area contributed by atoms with Crippen LogP contribution in [0.2, 0.25) is 0 Å². The zero-order valence-electron chi connectivity index (χ0n) is 19.6. The van der Waals surface area contributed by atoms with Crippen LogP contribution in [0.1, 0.15) is 30.4 Å². The molecule has 1 amide bonds. The van der Waals surface area contributed by atoms with Gasteiger partial charge in [-0.05, 0) is 61.8 Å². The number of nitrogens with zero attached hydrogens (tertiary/aromatic N) is 4. The fraction of sp³-hybridized carbons (Fsp3) is 0.400. The second kappa shape index (κ2) is 11.4. The van der Waals surface area contributed by atoms with E-state index in [-0.39, 0.29) is 17.3 Å². The fourth-order valence-electron chi connectivity index (χ4n) is 4.27. The van der Waals surface area contributed by atoms with Gasteiger partial charge < -0.3 is 5.32 Å². The number of nitrogens with one attached hydrogen (secondary N) is 2. The summed E-state index contributed by atoms with van der Waals surface area (Å²) >= 11 is 0. The lowest BCUT2D eigenvalue weighted by molar-refractivity contribution is -0.117. The molecule has 0 unspecified atom stereocenters. The lowest BCUT2D eigenvalue weighted by Crippen LogP contribution is -2.36. The summed E-state index contributed by atoms with van der Waals surface area (Å²) in [5, 5.41) is 11.8. The van der Waals surface area contributed by atoms with Crippen molar-refractivity contribution < 1.29 is 13.2 Å². The number of amidine groups is 1. The SMILES string of the molecule is N#Cc1ccc(CN2CCCN(CC(=O)Nc3cccc(S(=O)(=O)NC4=NCCC4)c3)CC2)cc1. The molecule has 2 N–H and O–H groups in total. The molecule has 0 aromatic heterocycles. The molecule has 0 bridgehead atoms. The van der Waals surface area contributed by atoms with Crippen molar-refractivity contribution >= 4 is 27.5 Å². The Morgan fingerprint density at radius 1 is 1.03 bits per heavy atom. The number of anilines is 1. The van der Waals surface area contributed by atoms with Crippen molar-refractivity contribution in [3.63, 3.8) is 0 Å². The van der Waals surface area contributed by atoms with E-state index in [1.54, 1.807) is 12.1 Å². The van der Waals surface area contributed by atoms with Crippen molar-refractivity contribution in [2.75, 3.05) is 44.6 Å².